The Labute approximate surface area is 105 Å². The maximum absolute atomic E-state index is 11.3. The van der Waals surface area contributed by atoms with Gasteiger partial charge in [-0.25, -0.2) is 0 Å². The highest BCUT2D eigenvalue weighted by Crippen LogP contribution is 2.38. The number of pyridine rings is 1. The zero-order valence-electron chi connectivity index (χ0n) is 10.5. The summed E-state index contributed by atoms with van der Waals surface area (Å²) in [6, 6.07) is 5.10. The van der Waals surface area contributed by atoms with E-state index < -0.39 is 0 Å². The van der Waals surface area contributed by atoms with E-state index in [-0.39, 0.29) is 16.5 Å². The summed E-state index contributed by atoms with van der Waals surface area (Å²) in [6.45, 7) is 3.84. The van der Waals surface area contributed by atoms with Crippen LogP contribution in [0.3, 0.4) is 0 Å². The standard InChI is InChI=1S/C13H14N2O3/c1-8(2)10-7-11(18-3)12-9(5-4-6-14-12)13(10)15(16)17/h4-8H,1-3H3. The third-order valence-corrected chi connectivity index (χ3v) is 2.88. The molecule has 1 aromatic carbocycles. The second-order valence-electron chi connectivity index (χ2n) is 4.33. The van der Waals surface area contributed by atoms with E-state index in [2.05, 4.69) is 4.98 Å². The topological polar surface area (TPSA) is 65.3 Å². The summed E-state index contributed by atoms with van der Waals surface area (Å²) < 4.78 is 5.27. The van der Waals surface area contributed by atoms with Gasteiger partial charge in [-0.05, 0) is 24.1 Å². The van der Waals surface area contributed by atoms with E-state index in [0.717, 1.165) is 0 Å². The number of methoxy groups -OCH3 is 1. The van der Waals surface area contributed by atoms with Crippen molar-refractivity contribution < 1.29 is 9.66 Å². The molecule has 0 saturated carbocycles. The fourth-order valence-electron chi connectivity index (χ4n) is 2.03. The predicted octanol–water partition coefficient (Wildman–Crippen LogP) is 3.28. The number of nitro benzene ring substituents is 1. The first-order valence-electron chi connectivity index (χ1n) is 5.66. The number of aromatic nitrogens is 1. The first-order chi connectivity index (χ1) is 8.56. The first kappa shape index (κ1) is 12.3. The molecule has 0 aliphatic rings. The van der Waals surface area contributed by atoms with Crippen molar-refractivity contribution in [2.75, 3.05) is 7.11 Å². The minimum atomic E-state index is -0.348. The van der Waals surface area contributed by atoms with Gasteiger partial charge in [0.05, 0.1) is 17.4 Å². The molecule has 5 heteroatoms. The molecule has 1 aromatic heterocycles. The summed E-state index contributed by atoms with van der Waals surface area (Å²) in [7, 11) is 1.54. The van der Waals surface area contributed by atoms with Gasteiger partial charge >= 0.3 is 0 Å². The first-order valence-corrected chi connectivity index (χ1v) is 5.66. The summed E-state index contributed by atoms with van der Waals surface area (Å²) in [5, 5.41) is 11.8. The quantitative estimate of drug-likeness (QED) is 0.615. The van der Waals surface area contributed by atoms with Gasteiger partial charge in [0.25, 0.3) is 5.69 Å². The molecular formula is C13H14N2O3. The van der Waals surface area contributed by atoms with Crippen LogP contribution < -0.4 is 4.74 Å². The number of nitrogens with zero attached hydrogens (tertiary/aromatic N) is 2. The molecule has 2 aromatic rings. The van der Waals surface area contributed by atoms with Gasteiger partial charge in [0, 0.05) is 11.8 Å². The van der Waals surface area contributed by atoms with E-state index >= 15 is 0 Å². The van der Waals surface area contributed by atoms with Crippen molar-refractivity contribution >= 4 is 16.6 Å². The van der Waals surface area contributed by atoms with Crippen LogP contribution in [0, 0.1) is 10.1 Å². The van der Waals surface area contributed by atoms with Gasteiger partial charge in [-0.2, -0.15) is 0 Å². The monoisotopic (exact) mass is 246 g/mol. The molecule has 0 aliphatic heterocycles. The lowest BCUT2D eigenvalue weighted by molar-refractivity contribution is -0.383. The van der Waals surface area contributed by atoms with Crippen LogP contribution >= 0.6 is 0 Å². The Bertz CT molecular complexity index is 608. The number of fused-ring (bicyclic) bond motifs is 1. The molecule has 0 atom stereocenters. The molecule has 0 aliphatic carbocycles. The van der Waals surface area contributed by atoms with Crippen molar-refractivity contribution in [1.82, 2.24) is 4.98 Å². The Balaban J connectivity index is 2.92. The van der Waals surface area contributed by atoms with E-state index in [9.17, 15) is 10.1 Å². The SMILES string of the molecule is COc1cc(C(C)C)c([N+](=O)[O-])c2cccnc12. The van der Waals surface area contributed by atoms with Gasteiger partial charge in [-0.3, -0.25) is 15.1 Å². The number of nitro groups is 1. The van der Waals surface area contributed by atoms with Crippen LogP contribution in [0.1, 0.15) is 25.3 Å². The maximum atomic E-state index is 11.3. The fraction of sp³-hybridized carbons (Fsp3) is 0.308. The van der Waals surface area contributed by atoms with Crippen molar-refractivity contribution in [3.8, 4) is 5.75 Å². The van der Waals surface area contributed by atoms with Crippen LogP contribution in [0.2, 0.25) is 0 Å². The molecule has 0 saturated heterocycles. The van der Waals surface area contributed by atoms with Crippen LogP contribution in [0.25, 0.3) is 10.9 Å². The van der Waals surface area contributed by atoms with Crippen LogP contribution in [-0.4, -0.2) is 17.0 Å². The smallest absolute Gasteiger partial charge is 0.282 e. The van der Waals surface area contributed by atoms with Crippen molar-refractivity contribution in [3.05, 3.63) is 40.1 Å². The largest absolute Gasteiger partial charge is 0.494 e. The average molecular weight is 246 g/mol. The van der Waals surface area contributed by atoms with E-state index in [1.165, 1.54) is 0 Å². The van der Waals surface area contributed by atoms with Gasteiger partial charge < -0.3 is 4.74 Å². The molecule has 5 nitrogen and oxygen atoms in total. The lowest BCUT2D eigenvalue weighted by Crippen LogP contribution is -2.01. The summed E-state index contributed by atoms with van der Waals surface area (Å²) >= 11 is 0. The Morgan fingerprint density at radius 3 is 2.72 bits per heavy atom. The molecule has 0 unspecified atom stereocenters. The summed E-state index contributed by atoms with van der Waals surface area (Å²) in [4.78, 5) is 15.1. The second-order valence-corrected chi connectivity index (χ2v) is 4.33. The zero-order chi connectivity index (χ0) is 13.3. The van der Waals surface area contributed by atoms with Gasteiger partial charge in [-0.1, -0.05) is 13.8 Å². The molecule has 0 radical (unpaired) electrons. The third kappa shape index (κ3) is 1.88. The van der Waals surface area contributed by atoms with Crippen molar-refractivity contribution in [1.29, 1.82) is 0 Å². The van der Waals surface area contributed by atoms with Crippen LogP contribution in [-0.2, 0) is 0 Å². The van der Waals surface area contributed by atoms with Crippen molar-refractivity contribution in [3.63, 3.8) is 0 Å². The number of benzene rings is 1. The highest BCUT2D eigenvalue weighted by Gasteiger charge is 2.23. The van der Waals surface area contributed by atoms with Crippen LogP contribution in [0.5, 0.6) is 5.75 Å². The van der Waals surface area contributed by atoms with Crippen LogP contribution in [0.4, 0.5) is 5.69 Å². The Morgan fingerprint density at radius 1 is 1.44 bits per heavy atom. The Kier molecular flexibility index (Phi) is 3.14. The molecular weight excluding hydrogens is 232 g/mol. The Hall–Kier alpha value is -2.17. The van der Waals surface area contributed by atoms with Gasteiger partial charge in [0.15, 0.2) is 0 Å². The predicted molar refractivity (Wildman–Crippen MR) is 69.0 cm³/mol. The van der Waals surface area contributed by atoms with E-state index in [0.29, 0.717) is 22.2 Å². The normalized spacial score (nSPS) is 10.9. The highest BCUT2D eigenvalue weighted by molar-refractivity contribution is 5.94. The molecule has 94 valence electrons. The molecule has 0 spiro atoms. The number of hydrogen-bond acceptors (Lipinski definition) is 4. The van der Waals surface area contributed by atoms with Gasteiger partial charge in [-0.15, -0.1) is 0 Å². The molecule has 0 amide bonds. The number of hydrogen-bond donors (Lipinski definition) is 0. The van der Waals surface area contributed by atoms with Crippen LogP contribution in [0.15, 0.2) is 24.4 Å². The van der Waals surface area contributed by atoms with Gasteiger partial charge in [0.2, 0.25) is 0 Å². The Morgan fingerprint density at radius 2 is 2.17 bits per heavy atom. The number of ether oxygens (including phenoxy) is 1. The second kappa shape index (κ2) is 4.60. The maximum Gasteiger partial charge on any atom is 0.282 e. The third-order valence-electron chi connectivity index (χ3n) is 2.88. The summed E-state index contributed by atoms with van der Waals surface area (Å²) in [5.74, 6) is 0.615. The molecule has 0 bridgehead atoms. The summed E-state index contributed by atoms with van der Waals surface area (Å²) in [6.07, 6.45) is 1.60. The highest BCUT2D eigenvalue weighted by atomic mass is 16.6. The zero-order valence-corrected chi connectivity index (χ0v) is 10.5. The lowest BCUT2D eigenvalue weighted by Gasteiger charge is -2.12. The van der Waals surface area contributed by atoms with E-state index in [1.807, 2.05) is 13.8 Å². The molecule has 2 rings (SSSR count). The average Bonchev–Trinajstić information content (AvgIpc) is 2.36. The lowest BCUT2D eigenvalue weighted by atomic mass is 9.97. The van der Waals surface area contributed by atoms with Gasteiger partial charge in [0.1, 0.15) is 11.3 Å². The molecule has 1 heterocycles. The molecule has 18 heavy (non-hydrogen) atoms. The summed E-state index contributed by atoms with van der Waals surface area (Å²) in [5.41, 5.74) is 1.31. The number of rotatable bonds is 3. The van der Waals surface area contributed by atoms with E-state index in [4.69, 9.17) is 4.74 Å². The van der Waals surface area contributed by atoms with E-state index in [1.54, 1.807) is 31.5 Å². The molecule has 0 N–H and O–H groups in total. The van der Waals surface area contributed by atoms with Crippen molar-refractivity contribution in [2.45, 2.75) is 19.8 Å². The minimum Gasteiger partial charge on any atom is -0.494 e. The van der Waals surface area contributed by atoms with Crippen molar-refractivity contribution in [2.24, 2.45) is 0 Å². The fourth-order valence-corrected chi connectivity index (χ4v) is 2.03. The minimum absolute atomic E-state index is 0.0453. The molecule has 0 fully saturated rings.